The minimum Gasteiger partial charge on any atom is -0.324 e. The highest BCUT2D eigenvalue weighted by atomic mass is 31.2. The molecule has 0 radical (unpaired) electrons. The summed E-state index contributed by atoms with van der Waals surface area (Å²) < 4.78 is 11.6. The molecule has 0 bridgehead atoms. The lowest BCUT2D eigenvalue weighted by molar-refractivity contribution is -0.122. The molecule has 0 fully saturated rings. The second-order valence-corrected chi connectivity index (χ2v) is 8.48. The number of hydrogen-bond donors (Lipinski definition) is 0. The molecule has 1 unspecified atom stereocenters. The fraction of sp³-hybridized carbons (Fsp3) is 0.750. The first kappa shape index (κ1) is 14.5. The third kappa shape index (κ3) is 5.19. The zero-order valence-electron chi connectivity index (χ0n) is 10.5. The quantitative estimate of drug-likeness (QED) is 0.547. The van der Waals surface area contributed by atoms with Crippen molar-refractivity contribution in [1.82, 2.24) is 0 Å². The van der Waals surface area contributed by atoms with Gasteiger partial charge in [-0.3, -0.25) is 4.79 Å². The van der Waals surface area contributed by atoms with Crippen LogP contribution in [-0.2, 0) is 9.36 Å². The van der Waals surface area contributed by atoms with Crippen molar-refractivity contribution in [3.05, 3.63) is 0 Å². The lowest BCUT2D eigenvalue weighted by Gasteiger charge is -2.25. The van der Waals surface area contributed by atoms with Gasteiger partial charge in [0, 0.05) is 11.3 Å². The Bertz CT molecular complexity index is 338. The van der Waals surface area contributed by atoms with E-state index < -0.39 is 7.14 Å². The first-order valence-corrected chi connectivity index (χ1v) is 7.89. The molecular formula is C12H21O2P. The molecule has 0 aromatic rings. The smallest absolute Gasteiger partial charge is 0.144 e. The molecule has 86 valence electrons. The van der Waals surface area contributed by atoms with Gasteiger partial charge in [-0.2, -0.15) is 0 Å². The predicted octanol–water partition coefficient (Wildman–Crippen LogP) is 2.86. The van der Waals surface area contributed by atoms with Crippen molar-refractivity contribution in [2.45, 2.75) is 27.7 Å². The van der Waals surface area contributed by atoms with E-state index in [0.29, 0.717) is 0 Å². The molecule has 0 saturated heterocycles. The largest absolute Gasteiger partial charge is 0.324 e. The van der Waals surface area contributed by atoms with Crippen molar-refractivity contribution in [3.8, 4) is 11.8 Å². The molecular weight excluding hydrogens is 207 g/mol. The van der Waals surface area contributed by atoms with Crippen LogP contribution < -0.4 is 0 Å². The van der Waals surface area contributed by atoms with Gasteiger partial charge in [0.05, 0.1) is 13.3 Å². The van der Waals surface area contributed by atoms with Gasteiger partial charge in [0.1, 0.15) is 5.78 Å². The Hall–Kier alpha value is -0.540. The van der Waals surface area contributed by atoms with Crippen molar-refractivity contribution < 1.29 is 9.36 Å². The molecule has 0 heterocycles. The van der Waals surface area contributed by atoms with E-state index in [1.165, 1.54) is 0 Å². The predicted molar refractivity (Wildman–Crippen MR) is 65.7 cm³/mol. The third-order valence-electron chi connectivity index (χ3n) is 2.55. The van der Waals surface area contributed by atoms with Gasteiger partial charge < -0.3 is 4.57 Å². The van der Waals surface area contributed by atoms with E-state index >= 15 is 0 Å². The summed E-state index contributed by atoms with van der Waals surface area (Å²) in [5.74, 6) is 5.75. The SMILES string of the molecule is CC#CC(C)(C)C(C)C(=O)CP(C)(C)=O. The molecule has 0 aliphatic heterocycles. The molecule has 1 atom stereocenters. The van der Waals surface area contributed by atoms with Crippen LogP contribution in [0, 0.1) is 23.2 Å². The average Bonchev–Trinajstić information content (AvgIpc) is 1.99. The van der Waals surface area contributed by atoms with Gasteiger partial charge in [-0.15, -0.1) is 5.92 Å². The molecule has 0 amide bonds. The van der Waals surface area contributed by atoms with Crippen molar-refractivity contribution in [3.63, 3.8) is 0 Å². The molecule has 0 saturated carbocycles. The van der Waals surface area contributed by atoms with Crippen LogP contribution in [0.15, 0.2) is 0 Å². The minimum atomic E-state index is -2.26. The molecule has 0 spiro atoms. The van der Waals surface area contributed by atoms with Gasteiger partial charge in [0.25, 0.3) is 0 Å². The standard InChI is InChI=1S/C12H21O2P/c1-7-8-12(3,4)10(2)11(13)9-15(5,6)14/h10H,9H2,1-6H3. The Morgan fingerprint density at radius 1 is 1.40 bits per heavy atom. The third-order valence-corrected chi connectivity index (χ3v) is 3.62. The highest BCUT2D eigenvalue weighted by molar-refractivity contribution is 7.63. The Balaban J connectivity index is 4.71. The molecule has 0 rings (SSSR count). The molecule has 0 aromatic carbocycles. The topological polar surface area (TPSA) is 34.1 Å². The first-order valence-electron chi connectivity index (χ1n) is 5.11. The monoisotopic (exact) mass is 228 g/mol. The van der Waals surface area contributed by atoms with Gasteiger partial charge in [0.15, 0.2) is 0 Å². The van der Waals surface area contributed by atoms with Crippen LogP contribution in [0.3, 0.4) is 0 Å². The van der Waals surface area contributed by atoms with Gasteiger partial charge in [-0.1, -0.05) is 12.8 Å². The zero-order chi connectivity index (χ0) is 12.3. The van der Waals surface area contributed by atoms with Crippen LogP contribution in [0.1, 0.15) is 27.7 Å². The Morgan fingerprint density at radius 3 is 2.20 bits per heavy atom. The first-order chi connectivity index (χ1) is 6.60. The fourth-order valence-electron chi connectivity index (χ4n) is 1.35. The van der Waals surface area contributed by atoms with Crippen LogP contribution in [0.25, 0.3) is 0 Å². The van der Waals surface area contributed by atoms with Crippen molar-refractivity contribution in [2.75, 3.05) is 19.5 Å². The summed E-state index contributed by atoms with van der Waals surface area (Å²) >= 11 is 0. The Kier molecular flexibility index (Phi) is 4.81. The van der Waals surface area contributed by atoms with Gasteiger partial charge in [-0.05, 0) is 34.1 Å². The molecule has 0 aliphatic carbocycles. The lowest BCUT2D eigenvalue weighted by atomic mass is 9.78. The Morgan fingerprint density at radius 2 is 1.87 bits per heavy atom. The van der Waals surface area contributed by atoms with Crippen LogP contribution >= 0.6 is 7.14 Å². The summed E-state index contributed by atoms with van der Waals surface area (Å²) in [5, 5.41) is 0. The molecule has 3 heteroatoms. The van der Waals surface area contributed by atoms with E-state index in [1.54, 1.807) is 20.3 Å². The Labute approximate surface area is 93.2 Å². The molecule has 0 N–H and O–H groups in total. The number of Topliss-reactive ketones (excluding diaryl/α,β-unsaturated/α-hetero) is 1. The summed E-state index contributed by atoms with van der Waals surface area (Å²) in [4.78, 5) is 11.8. The molecule has 15 heavy (non-hydrogen) atoms. The summed E-state index contributed by atoms with van der Waals surface area (Å²) in [6.45, 7) is 10.8. The number of hydrogen-bond acceptors (Lipinski definition) is 2. The van der Waals surface area contributed by atoms with Crippen LogP contribution in [0.5, 0.6) is 0 Å². The van der Waals surface area contributed by atoms with Crippen molar-refractivity contribution in [1.29, 1.82) is 0 Å². The van der Waals surface area contributed by atoms with E-state index in [1.807, 2.05) is 20.8 Å². The number of ketones is 1. The van der Waals surface area contributed by atoms with Crippen LogP contribution in [0.4, 0.5) is 0 Å². The van der Waals surface area contributed by atoms with Crippen molar-refractivity contribution in [2.24, 2.45) is 11.3 Å². The summed E-state index contributed by atoms with van der Waals surface area (Å²) in [5.41, 5.74) is -0.332. The number of rotatable bonds is 4. The van der Waals surface area contributed by atoms with E-state index in [9.17, 15) is 9.36 Å². The second kappa shape index (κ2) is 4.99. The van der Waals surface area contributed by atoms with Gasteiger partial charge in [-0.25, -0.2) is 0 Å². The average molecular weight is 228 g/mol. The van der Waals surface area contributed by atoms with Crippen LogP contribution in [-0.4, -0.2) is 25.3 Å². The van der Waals surface area contributed by atoms with Gasteiger partial charge in [0.2, 0.25) is 0 Å². The fourth-order valence-corrected chi connectivity index (χ4v) is 2.37. The van der Waals surface area contributed by atoms with E-state index in [0.717, 1.165) is 0 Å². The highest BCUT2D eigenvalue weighted by Gasteiger charge is 2.31. The normalized spacial score (nSPS) is 14.0. The molecule has 0 aliphatic rings. The lowest BCUT2D eigenvalue weighted by Crippen LogP contribution is -2.29. The zero-order valence-corrected chi connectivity index (χ0v) is 11.4. The maximum atomic E-state index is 11.8. The molecule has 0 aromatic heterocycles. The summed E-state index contributed by atoms with van der Waals surface area (Å²) in [7, 11) is -2.26. The number of carbonyl (C=O) groups is 1. The van der Waals surface area contributed by atoms with Crippen LogP contribution in [0.2, 0.25) is 0 Å². The van der Waals surface area contributed by atoms with E-state index in [-0.39, 0.29) is 23.3 Å². The van der Waals surface area contributed by atoms with Gasteiger partial charge >= 0.3 is 0 Å². The van der Waals surface area contributed by atoms with Crippen molar-refractivity contribution >= 4 is 12.9 Å². The number of carbonyl (C=O) groups excluding carboxylic acids is 1. The highest BCUT2D eigenvalue weighted by Crippen LogP contribution is 2.38. The second-order valence-electron chi connectivity index (χ2n) is 5.02. The summed E-state index contributed by atoms with van der Waals surface area (Å²) in [6, 6.07) is 0. The minimum absolute atomic E-state index is 0.0519. The molecule has 2 nitrogen and oxygen atoms in total. The summed E-state index contributed by atoms with van der Waals surface area (Å²) in [6.07, 6.45) is 0.184. The van der Waals surface area contributed by atoms with E-state index in [2.05, 4.69) is 11.8 Å². The van der Waals surface area contributed by atoms with E-state index in [4.69, 9.17) is 0 Å². The maximum Gasteiger partial charge on any atom is 0.144 e. The maximum absolute atomic E-state index is 11.8.